The molecule has 0 amide bonds. The van der Waals surface area contributed by atoms with Crippen molar-refractivity contribution in [3.63, 3.8) is 0 Å². The summed E-state index contributed by atoms with van der Waals surface area (Å²) in [5.74, 6) is 0.498. The van der Waals surface area contributed by atoms with Crippen LogP contribution in [0.3, 0.4) is 0 Å². The van der Waals surface area contributed by atoms with Crippen LogP contribution in [0.1, 0.15) is 0 Å². The van der Waals surface area contributed by atoms with Gasteiger partial charge in [0.15, 0.2) is 0 Å². The number of dihydropyridines is 1. The Morgan fingerprint density at radius 2 is 2.50 bits per heavy atom. The standard InChI is InChI=1S/C6H7BrFNO/c1-10-5-2-3-9-6(7,8)4-5/h2-4,9H,1H3. The first-order chi connectivity index (χ1) is 4.64. The molecule has 1 aliphatic rings. The van der Waals surface area contributed by atoms with Crippen molar-refractivity contribution in [3.05, 3.63) is 24.1 Å². The molecule has 0 bridgehead atoms. The molecule has 0 aliphatic carbocycles. The molecule has 1 heterocycles. The molecule has 1 N–H and O–H groups in total. The second-order valence-electron chi connectivity index (χ2n) is 1.85. The number of halogens is 2. The zero-order chi connectivity index (χ0) is 7.61. The maximum Gasteiger partial charge on any atom is 0.258 e. The second kappa shape index (κ2) is 2.62. The summed E-state index contributed by atoms with van der Waals surface area (Å²) in [4.78, 5) is 0. The number of ether oxygens (including phenoxy) is 1. The van der Waals surface area contributed by atoms with Crippen LogP contribution < -0.4 is 5.32 Å². The molecular weight excluding hydrogens is 201 g/mol. The molecule has 0 aromatic rings. The molecule has 0 spiro atoms. The Bertz CT molecular complexity index is 188. The monoisotopic (exact) mass is 207 g/mol. The third-order valence-corrected chi connectivity index (χ3v) is 1.54. The minimum atomic E-state index is -1.66. The molecule has 1 aliphatic heterocycles. The van der Waals surface area contributed by atoms with Crippen LogP contribution in [-0.2, 0) is 4.74 Å². The highest BCUT2D eigenvalue weighted by atomic mass is 79.9. The number of rotatable bonds is 1. The van der Waals surface area contributed by atoms with Gasteiger partial charge in [-0.05, 0) is 22.0 Å². The highest BCUT2D eigenvalue weighted by molar-refractivity contribution is 9.10. The first-order valence-electron chi connectivity index (χ1n) is 2.73. The molecule has 0 aromatic heterocycles. The highest BCUT2D eigenvalue weighted by Gasteiger charge is 2.23. The largest absolute Gasteiger partial charge is 0.497 e. The van der Waals surface area contributed by atoms with Crippen LogP contribution in [0.4, 0.5) is 4.39 Å². The molecule has 2 nitrogen and oxygen atoms in total. The number of alkyl halides is 2. The van der Waals surface area contributed by atoms with Gasteiger partial charge in [-0.15, -0.1) is 0 Å². The van der Waals surface area contributed by atoms with Gasteiger partial charge in [0.05, 0.1) is 7.11 Å². The molecule has 1 unspecified atom stereocenters. The van der Waals surface area contributed by atoms with Crippen molar-refractivity contribution in [2.24, 2.45) is 0 Å². The lowest BCUT2D eigenvalue weighted by Gasteiger charge is -2.18. The fourth-order valence-electron chi connectivity index (χ4n) is 0.630. The quantitative estimate of drug-likeness (QED) is 0.522. The SMILES string of the molecule is COC1=CC(F)(Br)NC=C1. The van der Waals surface area contributed by atoms with E-state index in [2.05, 4.69) is 21.2 Å². The van der Waals surface area contributed by atoms with Gasteiger partial charge in [0.2, 0.25) is 0 Å². The molecule has 10 heavy (non-hydrogen) atoms. The third kappa shape index (κ3) is 1.73. The van der Waals surface area contributed by atoms with Gasteiger partial charge in [0.25, 0.3) is 4.70 Å². The zero-order valence-electron chi connectivity index (χ0n) is 5.40. The molecule has 1 rings (SSSR count). The highest BCUT2D eigenvalue weighted by Crippen LogP contribution is 2.23. The number of allylic oxidation sites excluding steroid dienone is 1. The average Bonchev–Trinajstić information content (AvgIpc) is 1.86. The molecule has 0 aromatic carbocycles. The van der Waals surface area contributed by atoms with Gasteiger partial charge in [-0.25, -0.2) is 4.39 Å². The predicted octanol–water partition coefficient (Wildman–Crippen LogP) is 1.65. The van der Waals surface area contributed by atoms with Crippen molar-refractivity contribution >= 4 is 15.9 Å². The molecule has 0 saturated carbocycles. The van der Waals surface area contributed by atoms with Crippen molar-refractivity contribution in [1.29, 1.82) is 0 Å². The third-order valence-electron chi connectivity index (χ3n) is 1.08. The number of hydrogen-bond donors (Lipinski definition) is 1. The lowest BCUT2D eigenvalue weighted by atomic mass is 10.3. The van der Waals surface area contributed by atoms with E-state index in [4.69, 9.17) is 4.74 Å². The van der Waals surface area contributed by atoms with E-state index in [0.29, 0.717) is 5.76 Å². The van der Waals surface area contributed by atoms with Crippen LogP contribution in [-0.4, -0.2) is 11.8 Å². The lowest BCUT2D eigenvalue weighted by Crippen LogP contribution is -2.30. The Morgan fingerprint density at radius 3 is 2.90 bits per heavy atom. The average molecular weight is 208 g/mol. The Balaban J connectivity index is 2.75. The summed E-state index contributed by atoms with van der Waals surface area (Å²) in [6.07, 6.45) is 4.42. The predicted molar refractivity (Wildman–Crippen MR) is 40.1 cm³/mol. The van der Waals surface area contributed by atoms with Crippen LogP contribution >= 0.6 is 15.9 Å². The van der Waals surface area contributed by atoms with Crippen molar-refractivity contribution in [2.75, 3.05) is 7.11 Å². The fraction of sp³-hybridized carbons (Fsp3) is 0.333. The van der Waals surface area contributed by atoms with Crippen molar-refractivity contribution < 1.29 is 9.13 Å². The van der Waals surface area contributed by atoms with E-state index in [-0.39, 0.29) is 0 Å². The Morgan fingerprint density at radius 1 is 1.80 bits per heavy atom. The number of hydrogen-bond acceptors (Lipinski definition) is 2. The maximum atomic E-state index is 12.9. The Hall–Kier alpha value is -0.510. The van der Waals surface area contributed by atoms with Gasteiger partial charge in [-0.1, -0.05) is 0 Å². The summed E-state index contributed by atoms with van der Waals surface area (Å²) < 4.78 is 16.0. The van der Waals surface area contributed by atoms with Crippen LogP contribution in [0.25, 0.3) is 0 Å². The van der Waals surface area contributed by atoms with Crippen molar-refractivity contribution in [2.45, 2.75) is 4.70 Å². The zero-order valence-corrected chi connectivity index (χ0v) is 6.98. The molecule has 1 atom stereocenters. The molecule has 0 radical (unpaired) electrons. The maximum absolute atomic E-state index is 12.9. The lowest BCUT2D eigenvalue weighted by molar-refractivity contribution is 0.272. The van der Waals surface area contributed by atoms with Crippen LogP contribution in [0.15, 0.2) is 24.1 Å². The van der Waals surface area contributed by atoms with Gasteiger partial charge >= 0.3 is 0 Å². The molecule has 56 valence electrons. The van der Waals surface area contributed by atoms with E-state index >= 15 is 0 Å². The first kappa shape index (κ1) is 7.60. The van der Waals surface area contributed by atoms with Crippen molar-refractivity contribution in [1.82, 2.24) is 5.32 Å². The number of nitrogens with one attached hydrogen (secondary N) is 1. The topological polar surface area (TPSA) is 21.3 Å². The normalized spacial score (nSPS) is 30.9. The summed E-state index contributed by atoms with van der Waals surface area (Å²) >= 11 is 2.79. The van der Waals surface area contributed by atoms with E-state index in [0.717, 1.165) is 0 Å². The molecule has 0 fully saturated rings. The Labute approximate surface area is 66.9 Å². The van der Waals surface area contributed by atoms with E-state index in [1.165, 1.54) is 19.4 Å². The summed E-state index contributed by atoms with van der Waals surface area (Å²) in [6.45, 7) is 0. The van der Waals surface area contributed by atoms with Gasteiger partial charge in [0.1, 0.15) is 5.76 Å². The summed E-state index contributed by atoms with van der Waals surface area (Å²) in [6, 6.07) is 0. The fourth-order valence-corrected chi connectivity index (χ4v) is 0.988. The van der Waals surface area contributed by atoms with Crippen LogP contribution in [0.5, 0.6) is 0 Å². The van der Waals surface area contributed by atoms with Crippen molar-refractivity contribution in [3.8, 4) is 0 Å². The summed E-state index contributed by atoms with van der Waals surface area (Å²) in [5.41, 5.74) is 0. The van der Waals surface area contributed by atoms with E-state index in [1.54, 1.807) is 6.08 Å². The van der Waals surface area contributed by atoms with E-state index < -0.39 is 4.70 Å². The van der Waals surface area contributed by atoms with Gasteiger partial charge in [-0.3, -0.25) is 0 Å². The van der Waals surface area contributed by atoms with Crippen LogP contribution in [0, 0.1) is 0 Å². The Kier molecular flexibility index (Phi) is 1.99. The minimum Gasteiger partial charge on any atom is -0.497 e. The summed E-state index contributed by atoms with van der Waals surface area (Å²) in [5, 5.41) is 2.44. The molecule has 4 heteroatoms. The molecule has 0 saturated heterocycles. The van der Waals surface area contributed by atoms with Gasteiger partial charge < -0.3 is 10.1 Å². The minimum absolute atomic E-state index is 0.498. The van der Waals surface area contributed by atoms with E-state index in [9.17, 15) is 4.39 Å². The summed E-state index contributed by atoms with van der Waals surface area (Å²) in [7, 11) is 1.49. The van der Waals surface area contributed by atoms with Crippen LogP contribution in [0.2, 0.25) is 0 Å². The van der Waals surface area contributed by atoms with Gasteiger partial charge in [0, 0.05) is 12.3 Å². The number of methoxy groups -OCH3 is 1. The first-order valence-corrected chi connectivity index (χ1v) is 3.52. The smallest absolute Gasteiger partial charge is 0.258 e. The second-order valence-corrected chi connectivity index (χ2v) is 3.01. The molecular formula is C6H7BrFNO. The van der Waals surface area contributed by atoms with Gasteiger partial charge in [-0.2, -0.15) is 0 Å². The van der Waals surface area contributed by atoms with E-state index in [1.807, 2.05) is 0 Å².